The molecule has 5 heteroatoms. The number of imide groups is 1. The molecule has 0 saturated carbocycles. The van der Waals surface area contributed by atoms with Crippen LogP contribution in [0.4, 0.5) is 0 Å². The van der Waals surface area contributed by atoms with Gasteiger partial charge in [0.25, 0.3) is 5.91 Å². The number of carbonyl (C=O) groups is 3. The third kappa shape index (κ3) is 4.32. The van der Waals surface area contributed by atoms with Crippen LogP contribution < -0.4 is 5.32 Å². The number of nitrogens with one attached hydrogen (secondary N) is 1. The van der Waals surface area contributed by atoms with Crippen molar-refractivity contribution in [3.63, 3.8) is 0 Å². The molecule has 1 saturated heterocycles. The van der Waals surface area contributed by atoms with Gasteiger partial charge in [-0.1, -0.05) is 52.7 Å². The monoisotopic (exact) mass is 358 g/mol. The lowest BCUT2D eigenvalue weighted by molar-refractivity contribution is -0.136. The van der Waals surface area contributed by atoms with Gasteiger partial charge in [0, 0.05) is 18.5 Å². The fourth-order valence-electron chi connectivity index (χ4n) is 3.50. The predicted molar refractivity (Wildman–Crippen MR) is 102 cm³/mol. The molecule has 2 atom stereocenters. The Labute approximate surface area is 156 Å². The summed E-state index contributed by atoms with van der Waals surface area (Å²) in [6, 6.07) is 5.46. The quantitative estimate of drug-likeness (QED) is 0.833. The summed E-state index contributed by atoms with van der Waals surface area (Å²) < 4.78 is 0. The van der Waals surface area contributed by atoms with Crippen LogP contribution in [0.15, 0.2) is 18.2 Å². The highest BCUT2D eigenvalue weighted by atomic mass is 16.2. The van der Waals surface area contributed by atoms with E-state index >= 15 is 0 Å². The molecule has 2 heterocycles. The van der Waals surface area contributed by atoms with Gasteiger partial charge in [-0.3, -0.25) is 19.7 Å². The maximum atomic E-state index is 12.6. The number of amides is 3. The molecule has 2 unspecified atom stereocenters. The van der Waals surface area contributed by atoms with Crippen molar-refractivity contribution in [3.05, 3.63) is 34.9 Å². The first-order valence-electron chi connectivity index (χ1n) is 9.70. The fourth-order valence-corrected chi connectivity index (χ4v) is 3.50. The van der Waals surface area contributed by atoms with Crippen LogP contribution in [0, 0.1) is 0 Å². The van der Waals surface area contributed by atoms with E-state index in [0.717, 1.165) is 18.4 Å². The third-order valence-electron chi connectivity index (χ3n) is 4.84. The number of nitrogens with zero attached hydrogens (tertiary/aromatic N) is 1. The number of carbonyl (C=O) groups excluding carboxylic acids is 3. The highest BCUT2D eigenvalue weighted by Crippen LogP contribution is 2.30. The molecule has 1 aromatic rings. The lowest BCUT2D eigenvalue weighted by Crippen LogP contribution is -2.52. The minimum absolute atomic E-state index is 0.107. The van der Waals surface area contributed by atoms with Crippen molar-refractivity contribution in [1.29, 1.82) is 0 Å². The lowest BCUT2D eigenvalue weighted by atomic mass is 9.94. The molecule has 5 nitrogen and oxygen atoms in total. The second kappa shape index (κ2) is 8.97. The van der Waals surface area contributed by atoms with Crippen molar-refractivity contribution >= 4 is 17.7 Å². The van der Waals surface area contributed by atoms with Gasteiger partial charge >= 0.3 is 0 Å². The summed E-state index contributed by atoms with van der Waals surface area (Å²) >= 11 is 0. The SMILES string of the molecule is CCC.CCCC(C)c1ccc2c(c1)CN(C1CCC(=O)NC1=O)C2=O. The average Bonchev–Trinajstić information content (AvgIpc) is 2.92. The topological polar surface area (TPSA) is 66.5 Å². The second-order valence-electron chi connectivity index (χ2n) is 7.21. The first-order valence-corrected chi connectivity index (χ1v) is 9.70. The van der Waals surface area contributed by atoms with Crippen molar-refractivity contribution in [2.75, 3.05) is 0 Å². The smallest absolute Gasteiger partial charge is 0.255 e. The van der Waals surface area contributed by atoms with Gasteiger partial charge in [0.05, 0.1) is 0 Å². The van der Waals surface area contributed by atoms with Crippen molar-refractivity contribution < 1.29 is 14.4 Å². The Balaban J connectivity index is 0.000000758. The standard InChI is InChI=1S/C18H22N2O3.C3H8/c1-3-4-11(2)12-5-6-14-13(9-12)10-20(18(14)23)15-7-8-16(21)19-17(15)22;1-3-2/h5-6,9,11,15H,3-4,7-8,10H2,1-2H3,(H,19,21,22);3H2,1-2H3. The molecule has 0 spiro atoms. The molecule has 26 heavy (non-hydrogen) atoms. The van der Waals surface area contributed by atoms with Crippen LogP contribution in [0.5, 0.6) is 0 Å². The Morgan fingerprint density at radius 3 is 2.50 bits per heavy atom. The maximum absolute atomic E-state index is 12.6. The third-order valence-corrected chi connectivity index (χ3v) is 4.84. The van der Waals surface area contributed by atoms with Crippen molar-refractivity contribution in [3.8, 4) is 0 Å². The van der Waals surface area contributed by atoms with Gasteiger partial charge in [-0.05, 0) is 36.0 Å². The Hall–Kier alpha value is -2.17. The molecule has 1 aromatic carbocycles. The minimum atomic E-state index is -0.538. The van der Waals surface area contributed by atoms with Gasteiger partial charge < -0.3 is 4.90 Å². The molecule has 1 N–H and O–H groups in total. The largest absolute Gasteiger partial charge is 0.322 e. The van der Waals surface area contributed by atoms with Crippen molar-refractivity contribution in [1.82, 2.24) is 10.2 Å². The molecule has 142 valence electrons. The van der Waals surface area contributed by atoms with Crippen molar-refractivity contribution in [2.24, 2.45) is 0 Å². The van der Waals surface area contributed by atoms with E-state index in [4.69, 9.17) is 0 Å². The highest BCUT2D eigenvalue weighted by Gasteiger charge is 2.39. The zero-order valence-electron chi connectivity index (χ0n) is 16.3. The Morgan fingerprint density at radius 2 is 1.88 bits per heavy atom. The Kier molecular flexibility index (Phi) is 6.95. The Bertz CT molecular complexity index is 684. The van der Waals surface area contributed by atoms with E-state index in [2.05, 4.69) is 39.1 Å². The predicted octanol–water partition coefficient (Wildman–Crippen LogP) is 3.77. The maximum Gasteiger partial charge on any atom is 0.255 e. The van der Waals surface area contributed by atoms with Gasteiger partial charge in [0.2, 0.25) is 11.8 Å². The molecular formula is C21H30N2O3. The molecule has 0 radical (unpaired) electrons. The number of hydrogen-bond donors (Lipinski definition) is 1. The summed E-state index contributed by atoms with van der Waals surface area (Å²) in [4.78, 5) is 37.5. The number of fused-ring (bicyclic) bond motifs is 1. The van der Waals surface area contributed by atoms with Crippen LogP contribution in [0.3, 0.4) is 0 Å². The Morgan fingerprint density at radius 1 is 1.19 bits per heavy atom. The van der Waals surface area contributed by atoms with Crippen molar-refractivity contribution in [2.45, 2.75) is 78.3 Å². The van der Waals surface area contributed by atoms with E-state index in [9.17, 15) is 14.4 Å². The average molecular weight is 358 g/mol. The summed E-state index contributed by atoms with van der Waals surface area (Å²) in [5, 5.41) is 2.33. The molecule has 2 aliphatic heterocycles. The van der Waals surface area contributed by atoms with Gasteiger partial charge in [-0.2, -0.15) is 0 Å². The van der Waals surface area contributed by atoms with E-state index in [1.54, 1.807) is 4.90 Å². The molecule has 2 aliphatic rings. The molecular weight excluding hydrogens is 328 g/mol. The highest BCUT2D eigenvalue weighted by molar-refractivity contribution is 6.05. The summed E-state index contributed by atoms with van der Waals surface area (Å²) in [6.07, 6.45) is 4.18. The normalized spacial score (nSPS) is 20.2. The molecule has 0 bridgehead atoms. The zero-order chi connectivity index (χ0) is 19.3. The summed E-state index contributed by atoms with van der Waals surface area (Å²) in [5.74, 6) is -0.262. The first kappa shape index (κ1) is 20.1. The van der Waals surface area contributed by atoms with Crippen LogP contribution in [-0.4, -0.2) is 28.7 Å². The van der Waals surface area contributed by atoms with E-state index in [0.29, 0.717) is 24.4 Å². The molecule has 0 aromatic heterocycles. The van der Waals surface area contributed by atoms with E-state index in [1.165, 1.54) is 12.0 Å². The van der Waals surface area contributed by atoms with Crippen LogP contribution in [0.2, 0.25) is 0 Å². The number of rotatable bonds is 4. The summed E-state index contributed by atoms with van der Waals surface area (Å²) in [5.41, 5.74) is 2.91. The summed E-state index contributed by atoms with van der Waals surface area (Å²) in [6.45, 7) is 9.06. The molecule has 3 rings (SSSR count). The molecule has 1 fully saturated rings. The first-order chi connectivity index (χ1) is 12.4. The molecule has 0 aliphatic carbocycles. The minimum Gasteiger partial charge on any atom is -0.322 e. The lowest BCUT2D eigenvalue weighted by Gasteiger charge is -2.29. The van der Waals surface area contributed by atoms with Gasteiger partial charge in [0.15, 0.2) is 0 Å². The number of hydrogen-bond acceptors (Lipinski definition) is 3. The number of piperidine rings is 1. The van der Waals surface area contributed by atoms with Crippen LogP contribution in [0.25, 0.3) is 0 Å². The van der Waals surface area contributed by atoms with E-state index in [-0.39, 0.29) is 24.1 Å². The summed E-state index contributed by atoms with van der Waals surface area (Å²) in [7, 11) is 0. The van der Waals surface area contributed by atoms with Gasteiger partial charge in [0.1, 0.15) is 6.04 Å². The molecule has 3 amide bonds. The van der Waals surface area contributed by atoms with E-state index < -0.39 is 6.04 Å². The van der Waals surface area contributed by atoms with E-state index in [1.807, 2.05) is 12.1 Å². The zero-order valence-corrected chi connectivity index (χ0v) is 16.3. The second-order valence-corrected chi connectivity index (χ2v) is 7.21. The van der Waals surface area contributed by atoms with Crippen LogP contribution >= 0.6 is 0 Å². The number of benzene rings is 1. The van der Waals surface area contributed by atoms with Gasteiger partial charge in [-0.25, -0.2) is 0 Å². The fraction of sp³-hybridized carbons (Fsp3) is 0.571. The van der Waals surface area contributed by atoms with Crippen LogP contribution in [0.1, 0.15) is 87.2 Å². The van der Waals surface area contributed by atoms with Gasteiger partial charge in [-0.15, -0.1) is 0 Å². The van der Waals surface area contributed by atoms with Crippen LogP contribution in [-0.2, 0) is 16.1 Å².